The highest BCUT2D eigenvalue weighted by atomic mass is 16.7. The van der Waals surface area contributed by atoms with Crippen LogP contribution in [0.3, 0.4) is 0 Å². The summed E-state index contributed by atoms with van der Waals surface area (Å²) in [7, 11) is 0. The predicted octanol–water partition coefficient (Wildman–Crippen LogP) is 15.7. The van der Waals surface area contributed by atoms with E-state index in [1.165, 1.54) is 212 Å². The van der Waals surface area contributed by atoms with Crippen LogP contribution in [0, 0.1) is 0 Å². The van der Waals surface area contributed by atoms with Crippen LogP contribution in [0.5, 0.6) is 0 Å². The number of rotatable bonds is 56. The molecule has 1 aliphatic heterocycles. The number of hydrogen-bond acceptors (Lipinski definition) is 10. The van der Waals surface area contributed by atoms with Gasteiger partial charge in [0.15, 0.2) is 12.4 Å². The zero-order valence-corrected chi connectivity index (χ0v) is 49.6. The third-order valence-electron chi connectivity index (χ3n) is 15.6. The summed E-state index contributed by atoms with van der Waals surface area (Å²) in [5.41, 5.74) is 0. The van der Waals surface area contributed by atoms with Crippen LogP contribution in [-0.2, 0) is 23.8 Å². The molecule has 1 heterocycles. The average Bonchev–Trinajstić information content (AvgIpc) is 3.42. The summed E-state index contributed by atoms with van der Waals surface area (Å²) < 4.78 is 17.7. The maximum absolute atomic E-state index is 13.4. The van der Waals surface area contributed by atoms with Crippen molar-refractivity contribution in [3.8, 4) is 0 Å². The van der Waals surface area contributed by atoms with Gasteiger partial charge in [0.05, 0.1) is 25.4 Å². The summed E-state index contributed by atoms with van der Waals surface area (Å²) in [5, 5.41) is 57.0. The van der Waals surface area contributed by atoms with Gasteiger partial charge >= 0.3 is 5.97 Å². The second kappa shape index (κ2) is 53.8. The topological polar surface area (TPSA) is 175 Å². The van der Waals surface area contributed by atoms with Crippen molar-refractivity contribution in [2.75, 3.05) is 13.2 Å². The Balaban J connectivity index is 2.63. The van der Waals surface area contributed by atoms with Crippen molar-refractivity contribution in [2.24, 2.45) is 0 Å². The fourth-order valence-electron chi connectivity index (χ4n) is 10.4. The van der Waals surface area contributed by atoms with E-state index in [2.05, 4.69) is 38.2 Å². The van der Waals surface area contributed by atoms with Crippen LogP contribution in [0.1, 0.15) is 316 Å². The Labute approximate surface area is 467 Å². The van der Waals surface area contributed by atoms with Crippen LogP contribution in [0.15, 0.2) is 24.3 Å². The van der Waals surface area contributed by atoms with Gasteiger partial charge in [0.25, 0.3) is 0 Å². The predicted molar refractivity (Wildman–Crippen MR) is 315 cm³/mol. The molecule has 8 unspecified atom stereocenters. The number of allylic oxidation sites excluding steroid dienone is 3. The van der Waals surface area contributed by atoms with Gasteiger partial charge in [0.1, 0.15) is 24.4 Å². The number of carbonyl (C=O) groups excluding carboxylic acids is 2. The molecule has 11 nitrogen and oxygen atoms in total. The van der Waals surface area contributed by atoms with Crippen molar-refractivity contribution < 1.29 is 49.3 Å². The van der Waals surface area contributed by atoms with Gasteiger partial charge in [-0.15, -0.1) is 0 Å². The van der Waals surface area contributed by atoms with Crippen LogP contribution in [-0.4, -0.2) is 99.6 Å². The first-order chi connectivity index (χ1) is 37.2. The SMILES string of the molecule is CCCCCCCC/C=C/CCCCCCCCCCCCCC(=O)OC1C(OCC(NC(=O)C(O)CCCCCCCCCCCCCCC)C(O)/C=C/CCCCCCCCCCCCC)OC(CO)C(O)C1O. The molecule has 0 radical (unpaired) electrons. The van der Waals surface area contributed by atoms with E-state index in [9.17, 15) is 35.1 Å². The van der Waals surface area contributed by atoms with Gasteiger partial charge in [0.2, 0.25) is 5.91 Å². The third-order valence-corrected chi connectivity index (χ3v) is 15.6. The smallest absolute Gasteiger partial charge is 0.306 e. The second-order valence-corrected chi connectivity index (χ2v) is 22.9. The number of carbonyl (C=O) groups is 2. The van der Waals surface area contributed by atoms with E-state index in [4.69, 9.17) is 14.2 Å². The number of unbranched alkanes of at least 4 members (excludes halogenated alkanes) is 40. The van der Waals surface area contributed by atoms with Gasteiger partial charge in [-0.25, -0.2) is 0 Å². The Morgan fingerprint density at radius 2 is 0.868 bits per heavy atom. The molecule has 11 heteroatoms. The molecule has 6 N–H and O–H groups in total. The maximum atomic E-state index is 13.4. The summed E-state index contributed by atoms with van der Waals surface area (Å²) in [5.74, 6) is -1.18. The summed E-state index contributed by atoms with van der Waals surface area (Å²) >= 11 is 0. The van der Waals surface area contributed by atoms with Crippen LogP contribution in [0.2, 0.25) is 0 Å². The molecule has 0 spiro atoms. The van der Waals surface area contributed by atoms with E-state index >= 15 is 0 Å². The average molecular weight is 1080 g/mol. The molecular weight excluding hydrogens is 955 g/mol. The molecule has 0 bridgehead atoms. The Bertz CT molecular complexity index is 1330. The van der Waals surface area contributed by atoms with Gasteiger partial charge in [-0.05, 0) is 51.4 Å². The molecule has 0 saturated carbocycles. The lowest BCUT2D eigenvalue weighted by atomic mass is 9.99. The van der Waals surface area contributed by atoms with E-state index < -0.39 is 67.4 Å². The van der Waals surface area contributed by atoms with Crippen LogP contribution < -0.4 is 5.32 Å². The lowest BCUT2D eigenvalue weighted by molar-refractivity contribution is -0.305. The van der Waals surface area contributed by atoms with Crippen molar-refractivity contribution in [2.45, 2.75) is 365 Å². The molecular formula is C65H123NO10. The summed E-state index contributed by atoms with van der Waals surface area (Å²) in [6.07, 6.45) is 52.1. The van der Waals surface area contributed by atoms with Crippen molar-refractivity contribution in [1.82, 2.24) is 5.32 Å². The van der Waals surface area contributed by atoms with Crippen molar-refractivity contribution >= 4 is 11.9 Å². The zero-order chi connectivity index (χ0) is 55.4. The lowest BCUT2D eigenvalue weighted by Crippen LogP contribution is -2.61. The number of aliphatic hydroxyl groups excluding tert-OH is 5. The van der Waals surface area contributed by atoms with E-state index in [0.717, 1.165) is 57.8 Å². The zero-order valence-electron chi connectivity index (χ0n) is 49.6. The van der Waals surface area contributed by atoms with Crippen molar-refractivity contribution in [3.63, 3.8) is 0 Å². The molecule has 1 aliphatic rings. The molecule has 448 valence electrons. The monoisotopic (exact) mass is 1080 g/mol. The lowest BCUT2D eigenvalue weighted by Gasteiger charge is -2.41. The number of hydrogen-bond donors (Lipinski definition) is 6. The van der Waals surface area contributed by atoms with Gasteiger partial charge in [-0.1, -0.05) is 283 Å². The minimum atomic E-state index is -1.61. The Morgan fingerprint density at radius 1 is 0.500 bits per heavy atom. The van der Waals surface area contributed by atoms with Crippen LogP contribution in [0.4, 0.5) is 0 Å². The Hall–Kier alpha value is -1.86. The molecule has 76 heavy (non-hydrogen) atoms. The van der Waals surface area contributed by atoms with Crippen LogP contribution >= 0.6 is 0 Å². The number of amides is 1. The number of esters is 1. The summed E-state index contributed by atoms with van der Waals surface area (Å²) in [6, 6.07) is -1.02. The van der Waals surface area contributed by atoms with E-state index in [1.54, 1.807) is 6.08 Å². The number of nitrogens with one attached hydrogen (secondary N) is 1. The highest BCUT2D eigenvalue weighted by molar-refractivity contribution is 5.80. The third kappa shape index (κ3) is 41.2. The molecule has 1 saturated heterocycles. The Morgan fingerprint density at radius 3 is 1.28 bits per heavy atom. The van der Waals surface area contributed by atoms with Gasteiger partial charge < -0.3 is 45.1 Å². The quantitative estimate of drug-likeness (QED) is 0.0195. The molecule has 1 fully saturated rings. The Kier molecular flexibility index (Phi) is 51.0. The van der Waals surface area contributed by atoms with E-state index in [-0.39, 0.29) is 13.0 Å². The highest BCUT2D eigenvalue weighted by Crippen LogP contribution is 2.26. The maximum Gasteiger partial charge on any atom is 0.306 e. The normalized spacial score (nSPS) is 19.2. The summed E-state index contributed by atoms with van der Waals surface area (Å²) in [6.45, 7) is 5.82. The van der Waals surface area contributed by atoms with E-state index in [0.29, 0.717) is 19.3 Å². The molecule has 8 atom stereocenters. The second-order valence-electron chi connectivity index (χ2n) is 22.9. The molecule has 1 rings (SSSR count). The number of aliphatic hydroxyl groups is 5. The molecule has 1 amide bonds. The standard InChI is InChI=1S/C65H123NO10/c1-4-7-10-13-16-19-22-25-26-27-28-29-30-31-32-35-38-41-44-47-50-53-60(70)76-63-62(72)61(71)59(54-67)75-65(63)74-55-56(57(68)51-48-45-42-39-36-33-23-20-17-14-11-8-5-2)66-64(73)58(69)52-49-46-43-40-37-34-24-21-18-15-12-9-6-3/h25-26,48,51,56-59,61-63,65,67-69,71-72H,4-24,27-47,49-50,52-55H2,1-3H3,(H,66,73)/b26-25+,51-48+. The molecule has 0 aromatic carbocycles. The highest BCUT2D eigenvalue weighted by Gasteiger charge is 2.47. The number of ether oxygens (including phenoxy) is 3. The minimum Gasteiger partial charge on any atom is -0.454 e. The van der Waals surface area contributed by atoms with Crippen molar-refractivity contribution in [3.05, 3.63) is 24.3 Å². The molecule has 0 aromatic heterocycles. The fourth-order valence-corrected chi connectivity index (χ4v) is 10.4. The largest absolute Gasteiger partial charge is 0.454 e. The first-order valence-electron chi connectivity index (χ1n) is 32.6. The first-order valence-corrected chi connectivity index (χ1v) is 32.6. The van der Waals surface area contributed by atoms with Gasteiger partial charge in [0, 0.05) is 6.42 Å². The summed E-state index contributed by atoms with van der Waals surface area (Å²) in [4.78, 5) is 26.6. The van der Waals surface area contributed by atoms with Crippen LogP contribution in [0.25, 0.3) is 0 Å². The van der Waals surface area contributed by atoms with E-state index in [1.807, 2.05) is 6.08 Å². The minimum absolute atomic E-state index is 0.127. The fraction of sp³-hybridized carbons (Fsp3) is 0.908. The van der Waals surface area contributed by atoms with Gasteiger partial charge in [-0.3, -0.25) is 9.59 Å². The molecule has 0 aliphatic carbocycles. The first kappa shape index (κ1) is 72.2. The molecule has 0 aromatic rings. The van der Waals surface area contributed by atoms with Crippen molar-refractivity contribution in [1.29, 1.82) is 0 Å². The van der Waals surface area contributed by atoms with Gasteiger partial charge in [-0.2, -0.15) is 0 Å².